The van der Waals surface area contributed by atoms with Crippen LogP contribution in [-0.2, 0) is 14.8 Å². The third kappa shape index (κ3) is 3.01. The highest BCUT2D eigenvalue weighted by molar-refractivity contribution is 7.89. The van der Waals surface area contributed by atoms with Gasteiger partial charge in [-0.2, -0.15) is 0 Å². The Kier molecular flexibility index (Phi) is 4.43. The van der Waals surface area contributed by atoms with Crippen molar-refractivity contribution < 1.29 is 17.5 Å². The van der Waals surface area contributed by atoms with E-state index in [4.69, 9.17) is 10.5 Å². The highest BCUT2D eigenvalue weighted by Crippen LogP contribution is 2.25. The summed E-state index contributed by atoms with van der Waals surface area (Å²) in [6.07, 6.45) is 0.425. The molecule has 0 saturated heterocycles. The van der Waals surface area contributed by atoms with E-state index in [1.165, 1.54) is 12.1 Å². The second-order valence-corrected chi connectivity index (χ2v) is 6.63. The smallest absolute Gasteiger partial charge is 0.241 e. The number of aryl methyl sites for hydroxylation is 1. The van der Waals surface area contributed by atoms with E-state index in [9.17, 15) is 12.8 Å². The lowest BCUT2D eigenvalue weighted by atomic mass is 9.84. The lowest BCUT2D eigenvalue weighted by molar-refractivity contribution is -0.0248. The molecule has 1 aromatic carbocycles. The summed E-state index contributed by atoms with van der Waals surface area (Å²) in [6.45, 7) is 3.91. The monoisotopic (exact) mass is 302 g/mol. The van der Waals surface area contributed by atoms with E-state index in [-0.39, 0.29) is 17.0 Å². The van der Waals surface area contributed by atoms with Crippen LogP contribution in [0.5, 0.6) is 0 Å². The van der Waals surface area contributed by atoms with Gasteiger partial charge in [-0.05, 0) is 44.0 Å². The molecular formula is C13H19FN2O3S. The summed E-state index contributed by atoms with van der Waals surface area (Å²) < 4.78 is 45.7. The fraction of sp³-hybridized carbons (Fsp3) is 0.538. The van der Waals surface area contributed by atoms with Crippen molar-refractivity contribution in [2.45, 2.75) is 43.4 Å². The first-order valence-corrected chi connectivity index (χ1v) is 7.99. The number of benzene rings is 1. The van der Waals surface area contributed by atoms with Crippen LogP contribution in [0.1, 0.15) is 18.9 Å². The molecule has 1 aliphatic carbocycles. The summed E-state index contributed by atoms with van der Waals surface area (Å²) in [4.78, 5) is 0.0632. The fourth-order valence-corrected chi connectivity index (χ4v) is 3.89. The van der Waals surface area contributed by atoms with Crippen molar-refractivity contribution in [1.29, 1.82) is 0 Å². The highest BCUT2D eigenvalue weighted by atomic mass is 32.2. The minimum Gasteiger partial charge on any atom is -0.377 e. The topological polar surface area (TPSA) is 81.4 Å². The molecule has 0 bridgehead atoms. The van der Waals surface area contributed by atoms with Gasteiger partial charge < -0.3 is 10.5 Å². The van der Waals surface area contributed by atoms with Crippen molar-refractivity contribution in [1.82, 2.24) is 4.72 Å². The number of hydrogen-bond acceptors (Lipinski definition) is 4. The van der Waals surface area contributed by atoms with Crippen molar-refractivity contribution in [3.8, 4) is 0 Å². The summed E-state index contributed by atoms with van der Waals surface area (Å²) in [5.74, 6) is -0.464. The number of hydrogen-bond donors (Lipinski definition) is 2. The van der Waals surface area contributed by atoms with Crippen LogP contribution in [0.15, 0.2) is 23.1 Å². The van der Waals surface area contributed by atoms with Crippen LogP contribution in [0.25, 0.3) is 0 Å². The minimum atomic E-state index is -3.73. The molecule has 112 valence electrons. The molecule has 0 radical (unpaired) electrons. The van der Waals surface area contributed by atoms with Gasteiger partial charge in [0.05, 0.1) is 17.0 Å². The van der Waals surface area contributed by atoms with Crippen LogP contribution in [0.3, 0.4) is 0 Å². The van der Waals surface area contributed by atoms with Crippen molar-refractivity contribution >= 4 is 10.0 Å². The Hall–Kier alpha value is -1.02. The van der Waals surface area contributed by atoms with Gasteiger partial charge in [0.1, 0.15) is 5.82 Å². The maximum absolute atomic E-state index is 13.0. The number of sulfonamides is 1. The molecule has 5 nitrogen and oxygen atoms in total. The van der Waals surface area contributed by atoms with Gasteiger partial charge in [0, 0.05) is 12.6 Å². The third-order valence-electron chi connectivity index (χ3n) is 3.46. The average Bonchev–Trinajstić information content (AvgIpc) is 2.35. The first-order chi connectivity index (χ1) is 9.35. The van der Waals surface area contributed by atoms with Crippen LogP contribution in [0, 0.1) is 12.7 Å². The second kappa shape index (κ2) is 5.77. The van der Waals surface area contributed by atoms with Crippen molar-refractivity contribution in [3.63, 3.8) is 0 Å². The molecule has 1 fully saturated rings. The Labute approximate surface area is 118 Å². The predicted molar refractivity (Wildman–Crippen MR) is 73.3 cm³/mol. The summed E-state index contributed by atoms with van der Waals surface area (Å²) in [6, 6.07) is 2.87. The molecule has 20 heavy (non-hydrogen) atoms. The van der Waals surface area contributed by atoms with Crippen LogP contribution in [0.4, 0.5) is 4.39 Å². The highest BCUT2D eigenvalue weighted by Gasteiger charge is 2.42. The molecule has 0 aliphatic heterocycles. The second-order valence-electron chi connectivity index (χ2n) is 4.95. The normalized spacial score (nSPS) is 26.3. The fourth-order valence-electron chi connectivity index (χ4n) is 2.35. The first kappa shape index (κ1) is 15.4. The average molecular weight is 302 g/mol. The van der Waals surface area contributed by atoms with Gasteiger partial charge in [-0.15, -0.1) is 0 Å². The van der Waals surface area contributed by atoms with E-state index in [0.29, 0.717) is 18.6 Å². The molecule has 7 heteroatoms. The SMILES string of the molecule is CCOC1CC(N)C1NS(=O)(=O)c1ccc(F)cc1C. The van der Waals surface area contributed by atoms with Gasteiger partial charge in [0.25, 0.3) is 0 Å². The maximum atomic E-state index is 13.0. The maximum Gasteiger partial charge on any atom is 0.241 e. The Morgan fingerprint density at radius 1 is 1.50 bits per heavy atom. The van der Waals surface area contributed by atoms with E-state index in [2.05, 4.69) is 4.72 Å². The molecule has 0 spiro atoms. The zero-order chi connectivity index (χ0) is 14.9. The number of nitrogens with two attached hydrogens (primary N) is 1. The first-order valence-electron chi connectivity index (χ1n) is 6.51. The van der Waals surface area contributed by atoms with E-state index in [1.54, 1.807) is 6.92 Å². The van der Waals surface area contributed by atoms with Gasteiger partial charge in [-0.3, -0.25) is 0 Å². The van der Waals surface area contributed by atoms with Gasteiger partial charge in [-0.1, -0.05) is 0 Å². The van der Waals surface area contributed by atoms with Crippen molar-refractivity contribution in [2.75, 3.05) is 6.61 Å². The molecule has 2 rings (SSSR count). The Morgan fingerprint density at radius 2 is 2.20 bits per heavy atom. The van der Waals surface area contributed by atoms with Gasteiger partial charge in [0.2, 0.25) is 10.0 Å². The Morgan fingerprint density at radius 3 is 2.75 bits per heavy atom. The quantitative estimate of drug-likeness (QED) is 0.847. The molecule has 1 saturated carbocycles. The van der Waals surface area contributed by atoms with Crippen LogP contribution in [-0.4, -0.2) is 33.2 Å². The molecule has 0 heterocycles. The van der Waals surface area contributed by atoms with Gasteiger partial charge >= 0.3 is 0 Å². The molecule has 3 unspecified atom stereocenters. The molecule has 1 aliphatic rings. The zero-order valence-corrected chi connectivity index (χ0v) is 12.3. The molecule has 1 aromatic rings. The van der Waals surface area contributed by atoms with E-state index in [0.717, 1.165) is 6.07 Å². The van der Waals surface area contributed by atoms with Crippen LogP contribution in [0.2, 0.25) is 0 Å². The molecule has 3 atom stereocenters. The number of ether oxygens (including phenoxy) is 1. The van der Waals surface area contributed by atoms with Crippen molar-refractivity contribution in [3.05, 3.63) is 29.6 Å². The lowest BCUT2D eigenvalue weighted by Gasteiger charge is -2.42. The largest absolute Gasteiger partial charge is 0.377 e. The van der Waals surface area contributed by atoms with Crippen molar-refractivity contribution in [2.24, 2.45) is 5.73 Å². The summed E-state index contributed by atoms with van der Waals surface area (Å²) in [5.41, 5.74) is 6.18. The molecule has 0 aromatic heterocycles. The molecule has 3 N–H and O–H groups in total. The van der Waals surface area contributed by atoms with Crippen LogP contribution >= 0.6 is 0 Å². The Balaban J connectivity index is 2.18. The predicted octanol–water partition coefficient (Wildman–Crippen LogP) is 0.917. The Bertz CT molecular complexity index is 589. The number of halogens is 1. The van der Waals surface area contributed by atoms with E-state index < -0.39 is 21.9 Å². The number of rotatable bonds is 5. The number of nitrogens with one attached hydrogen (secondary N) is 1. The zero-order valence-electron chi connectivity index (χ0n) is 11.5. The third-order valence-corrected chi connectivity index (χ3v) is 5.08. The molecule has 0 amide bonds. The van der Waals surface area contributed by atoms with E-state index in [1.807, 2.05) is 6.92 Å². The lowest BCUT2D eigenvalue weighted by Crippen LogP contribution is -2.64. The van der Waals surface area contributed by atoms with E-state index >= 15 is 0 Å². The summed E-state index contributed by atoms with van der Waals surface area (Å²) in [7, 11) is -3.73. The van der Waals surface area contributed by atoms with Gasteiger partial charge in [-0.25, -0.2) is 17.5 Å². The van der Waals surface area contributed by atoms with Crippen LogP contribution < -0.4 is 10.5 Å². The minimum absolute atomic E-state index is 0.0632. The standard InChI is InChI=1S/C13H19FN2O3S/c1-3-19-11-7-10(15)13(11)16-20(17,18)12-5-4-9(14)6-8(12)2/h4-6,10-11,13,16H,3,7,15H2,1-2H3. The summed E-state index contributed by atoms with van der Waals surface area (Å²) in [5, 5.41) is 0. The molecular weight excluding hydrogens is 283 g/mol. The van der Waals surface area contributed by atoms with Gasteiger partial charge in [0.15, 0.2) is 0 Å². The summed E-state index contributed by atoms with van der Waals surface area (Å²) >= 11 is 0.